The van der Waals surface area contributed by atoms with E-state index < -0.39 is 5.91 Å². The van der Waals surface area contributed by atoms with E-state index in [1.807, 2.05) is 32.0 Å². The number of aryl methyl sites for hydroxylation is 2. The Morgan fingerprint density at radius 3 is 2.65 bits per heavy atom. The van der Waals surface area contributed by atoms with E-state index in [0.29, 0.717) is 11.4 Å². The molecule has 1 aromatic heterocycles. The molecule has 1 aliphatic rings. The van der Waals surface area contributed by atoms with Gasteiger partial charge in [0.25, 0.3) is 11.8 Å². The largest absolute Gasteiger partial charge is 0.465 e. The topological polar surface area (TPSA) is 62.6 Å². The molecule has 0 unspecified atom stereocenters. The Balaban J connectivity index is 1.83. The van der Waals surface area contributed by atoms with Crippen molar-refractivity contribution in [3.8, 4) is 0 Å². The number of rotatable bonds is 3. The van der Waals surface area contributed by atoms with Gasteiger partial charge in [-0.2, -0.15) is 0 Å². The maximum absolute atomic E-state index is 12.4. The van der Waals surface area contributed by atoms with E-state index >= 15 is 0 Å². The fraction of sp³-hybridized carbons (Fsp3) is 0.111. The number of carbonyl (C=O) groups is 2. The summed E-state index contributed by atoms with van der Waals surface area (Å²) in [5, 5.41) is 1.27. The van der Waals surface area contributed by atoms with Crippen LogP contribution in [0.3, 0.4) is 0 Å². The quantitative estimate of drug-likeness (QED) is 0.700. The van der Waals surface area contributed by atoms with E-state index in [9.17, 15) is 9.59 Å². The van der Waals surface area contributed by atoms with Crippen LogP contribution in [0.25, 0.3) is 6.08 Å². The molecule has 1 aromatic carbocycles. The van der Waals surface area contributed by atoms with Crippen LogP contribution in [0.1, 0.15) is 16.9 Å². The van der Waals surface area contributed by atoms with Crippen LogP contribution in [0.2, 0.25) is 0 Å². The zero-order valence-electron chi connectivity index (χ0n) is 12.9. The number of anilines is 1. The highest BCUT2D eigenvalue weighted by Gasteiger charge is 2.34. The molecule has 23 heavy (non-hydrogen) atoms. The lowest BCUT2D eigenvalue weighted by molar-refractivity contribution is -0.117. The summed E-state index contributed by atoms with van der Waals surface area (Å²) in [7, 11) is 0. The Labute approximate surface area is 133 Å². The molecule has 0 saturated carbocycles. The van der Waals surface area contributed by atoms with Gasteiger partial charge in [0.1, 0.15) is 11.3 Å². The molecular weight excluding hydrogens is 292 g/mol. The fourth-order valence-electron chi connectivity index (χ4n) is 2.25. The molecule has 2 aromatic rings. The van der Waals surface area contributed by atoms with Crippen molar-refractivity contribution in [3.63, 3.8) is 0 Å². The summed E-state index contributed by atoms with van der Waals surface area (Å²) in [6.45, 7) is 3.96. The summed E-state index contributed by atoms with van der Waals surface area (Å²) in [5.41, 5.74) is 5.50. The highest BCUT2D eigenvalue weighted by molar-refractivity contribution is 6.29. The maximum Gasteiger partial charge on any atom is 0.282 e. The highest BCUT2D eigenvalue weighted by atomic mass is 16.3. The van der Waals surface area contributed by atoms with Crippen LogP contribution in [0.15, 0.2) is 58.7 Å². The fourth-order valence-corrected chi connectivity index (χ4v) is 2.25. The molecule has 2 amide bonds. The van der Waals surface area contributed by atoms with Gasteiger partial charge in [0.05, 0.1) is 12.0 Å². The van der Waals surface area contributed by atoms with Crippen molar-refractivity contribution in [1.82, 2.24) is 5.43 Å². The number of nitrogens with zero attached hydrogens (tertiary/aromatic N) is 1. The molecule has 1 aliphatic heterocycles. The highest BCUT2D eigenvalue weighted by Crippen LogP contribution is 2.22. The Kier molecular flexibility index (Phi) is 3.85. The van der Waals surface area contributed by atoms with Crippen LogP contribution in [0, 0.1) is 13.8 Å². The van der Waals surface area contributed by atoms with Crippen molar-refractivity contribution >= 4 is 23.6 Å². The second-order valence-electron chi connectivity index (χ2n) is 5.30. The minimum Gasteiger partial charge on any atom is -0.465 e. The number of hydrogen-bond donors (Lipinski definition) is 1. The Morgan fingerprint density at radius 2 is 1.96 bits per heavy atom. The van der Waals surface area contributed by atoms with Gasteiger partial charge in [0, 0.05) is 0 Å². The molecule has 3 rings (SSSR count). The second-order valence-corrected chi connectivity index (χ2v) is 5.30. The standard InChI is InChI=1S/C18H16N2O3/c1-12-8-9-14(11-13(12)2)20-18(22)16(17(21)19-20)7-3-5-15-6-4-10-23-15/h3-11H,1-2H3,(H,19,21)/b5-3+,16-7-. The van der Waals surface area contributed by atoms with Crippen molar-refractivity contribution in [1.29, 1.82) is 0 Å². The van der Waals surface area contributed by atoms with Crippen LogP contribution in [-0.4, -0.2) is 11.8 Å². The molecule has 0 spiro atoms. The average Bonchev–Trinajstić information content (AvgIpc) is 3.13. The van der Waals surface area contributed by atoms with Gasteiger partial charge in [-0.15, -0.1) is 0 Å². The van der Waals surface area contributed by atoms with Gasteiger partial charge in [0.15, 0.2) is 0 Å². The van der Waals surface area contributed by atoms with E-state index in [1.165, 1.54) is 11.1 Å². The van der Waals surface area contributed by atoms with E-state index in [2.05, 4.69) is 5.43 Å². The van der Waals surface area contributed by atoms with Crippen molar-refractivity contribution < 1.29 is 14.0 Å². The van der Waals surface area contributed by atoms with E-state index in [1.54, 1.807) is 30.5 Å². The maximum atomic E-state index is 12.4. The summed E-state index contributed by atoms with van der Waals surface area (Å²) in [4.78, 5) is 24.4. The van der Waals surface area contributed by atoms with Crippen LogP contribution in [-0.2, 0) is 9.59 Å². The third-order valence-corrected chi connectivity index (χ3v) is 3.71. The third-order valence-electron chi connectivity index (χ3n) is 3.71. The third kappa shape index (κ3) is 2.94. The van der Waals surface area contributed by atoms with Crippen LogP contribution in [0.5, 0.6) is 0 Å². The van der Waals surface area contributed by atoms with Gasteiger partial charge < -0.3 is 4.42 Å². The lowest BCUT2D eigenvalue weighted by Crippen LogP contribution is -2.35. The van der Waals surface area contributed by atoms with Crippen molar-refractivity contribution in [2.45, 2.75) is 13.8 Å². The molecule has 0 atom stereocenters. The Bertz CT molecular complexity index is 817. The zero-order valence-corrected chi connectivity index (χ0v) is 12.9. The van der Waals surface area contributed by atoms with Gasteiger partial charge >= 0.3 is 0 Å². The second kappa shape index (κ2) is 5.96. The molecule has 1 N–H and O–H groups in total. The first-order valence-electron chi connectivity index (χ1n) is 7.21. The number of benzene rings is 1. The van der Waals surface area contributed by atoms with Crippen molar-refractivity contribution in [2.24, 2.45) is 0 Å². The number of amides is 2. The lowest BCUT2D eigenvalue weighted by atomic mass is 10.1. The van der Waals surface area contributed by atoms with Crippen molar-refractivity contribution in [2.75, 3.05) is 5.01 Å². The number of hydrazine groups is 1. The van der Waals surface area contributed by atoms with Gasteiger partial charge in [0.2, 0.25) is 0 Å². The van der Waals surface area contributed by atoms with Gasteiger partial charge in [-0.3, -0.25) is 15.0 Å². The summed E-state index contributed by atoms with van der Waals surface area (Å²) >= 11 is 0. The molecule has 2 heterocycles. The minimum absolute atomic E-state index is 0.0889. The summed E-state index contributed by atoms with van der Waals surface area (Å²) in [5.74, 6) is -0.140. The van der Waals surface area contributed by atoms with E-state index in [4.69, 9.17) is 4.42 Å². The summed E-state index contributed by atoms with van der Waals surface area (Å²) < 4.78 is 5.15. The van der Waals surface area contributed by atoms with Crippen LogP contribution in [0.4, 0.5) is 5.69 Å². The predicted molar refractivity (Wildman–Crippen MR) is 87.4 cm³/mol. The van der Waals surface area contributed by atoms with Gasteiger partial charge in [-0.25, -0.2) is 5.01 Å². The summed E-state index contributed by atoms with van der Waals surface area (Å²) in [6, 6.07) is 9.15. The number of furan rings is 1. The van der Waals surface area contributed by atoms with Crippen molar-refractivity contribution in [3.05, 3.63) is 71.2 Å². The molecule has 5 nitrogen and oxygen atoms in total. The van der Waals surface area contributed by atoms with Crippen LogP contribution >= 0.6 is 0 Å². The molecule has 0 bridgehead atoms. The molecule has 116 valence electrons. The van der Waals surface area contributed by atoms with Gasteiger partial charge in [-0.05, 0) is 61.4 Å². The normalized spacial score (nSPS) is 16.6. The van der Waals surface area contributed by atoms with E-state index in [0.717, 1.165) is 11.1 Å². The molecule has 0 aliphatic carbocycles. The Hall–Kier alpha value is -3.08. The van der Waals surface area contributed by atoms with Crippen LogP contribution < -0.4 is 10.4 Å². The smallest absolute Gasteiger partial charge is 0.282 e. The zero-order chi connectivity index (χ0) is 16.4. The molecule has 1 fully saturated rings. The number of carbonyl (C=O) groups excluding carboxylic acids is 2. The molecule has 5 heteroatoms. The lowest BCUT2D eigenvalue weighted by Gasteiger charge is -2.15. The molecule has 1 saturated heterocycles. The average molecular weight is 308 g/mol. The number of allylic oxidation sites excluding steroid dienone is 2. The summed E-state index contributed by atoms with van der Waals surface area (Å²) in [6.07, 6.45) is 6.35. The monoisotopic (exact) mass is 308 g/mol. The van der Waals surface area contributed by atoms with E-state index in [-0.39, 0.29) is 11.5 Å². The SMILES string of the molecule is Cc1ccc(N2NC(=O)/C(=C/C=C/c3ccco3)C2=O)cc1C. The Morgan fingerprint density at radius 1 is 1.13 bits per heavy atom. The predicted octanol–water partition coefficient (Wildman–Crippen LogP) is 2.91. The molecular formula is C18H16N2O3. The first-order chi connectivity index (χ1) is 11.1. The first-order valence-corrected chi connectivity index (χ1v) is 7.21. The minimum atomic E-state index is -0.419. The number of hydrogen-bond acceptors (Lipinski definition) is 3. The first kappa shape index (κ1) is 14.8. The molecule has 0 radical (unpaired) electrons. The number of nitrogens with one attached hydrogen (secondary N) is 1. The van der Waals surface area contributed by atoms with Gasteiger partial charge in [-0.1, -0.05) is 12.1 Å².